The summed E-state index contributed by atoms with van der Waals surface area (Å²) in [6.07, 6.45) is 0.974. The fourth-order valence-corrected chi connectivity index (χ4v) is 2.01. The van der Waals surface area contributed by atoms with E-state index < -0.39 is 0 Å². The number of benzene rings is 1. The normalized spacial score (nSPS) is 9.59. The van der Waals surface area contributed by atoms with E-state index in [1.807, 2.05) is 0 Å². The van der Waals surface area contributed by atoms with Gasteiger partial charge in [0.05, 0.1) is 0 Å². The van der Waals surface area contributed by atoms with Gasteiger partial charge >= 0.3 is 0 Å². The van der Waals surface area contributed by atoms with Crippen LogP contribution in [0, 0.1) is 0 Å². The van der Waals surface area contributed by atoms with Crippen molar-refractivity contribution in [2.24, 2.45) is 0 Å². The summed E-state index contributed by atoms with van der Waals surface area (Å²) in [4.78, 5) is 46.7. The second kappa shape index (κ2) is 12.5. The third kappa shape index (κ3) is 8.84. The Hall–Kier alpha value is -2.90. The highest BCUT2D eigenvalue weighted by atomic mass is 16.2. The lowest BCUT2D eigenvalue weighted by Crippen LogP contribution is -2.34. The third-order valence-corrected chi connectivity index (χ3v) is 3.46. The summed E-state index contributed by atoms with van der Waals surface area (Å²) in [5, 5.41) is 10.7. The molecule has 1 rings (SSSR count). The molecule has 150 valence electrons. The van der Waals surface area contributed by atoms with Crippen LogP contribution in [0.15, 0.2) is 18.2 Å². The summed E-state index contributed by atoms with van der Waals surface area (Å²) >= 11 is 0. The average molecular weight is 378 g/mol. The molecule has 0 aromatic heterocycles. The van der Waals surface area contributed by atoms with Gasteiger partial charge in [0.2, 0.25) is 17.7 Å². The summed E-state index contributed by atoms with van der Waals surface area (Å²) in [7, 11) is 0. The minimum atomic E-state index is -0.365. The van der Waals surface area contributed by atoms with E-state index in [1.54, 1.807) is 26.8 Å². The van der Waals surface area contributed by atoms with Gasteiger partial charge < -0.3 is 21.3 Å². The second-order valence-electron chi connectivity index (χ2n) is 5.56. The Bertz CT molecular complexity index is 637. The first-order valence-corrected chi connectivity index (χ1v) is 8.69. The molecule has 4 N–H and O–H groups in total. The zero-order valence-electron chi connectivity index (χ0n) is 15.4. The van der Waals surface area contributed by atoms with E-state index in [1.165, 1.54) is 12.1 Å². The number of carbonyl (C=O) groups is 4. The molecule has 0 aliphatic carbocycles. The number of rotatable bonds is 9. The largest absolute Gasteiger partial charge is 0.354 e. The van der Waals surface area contributed by atoms with Crippen LogP contribution in [0.1, 0.15) is 57.8 Å². The van der Waals surface area contributed by atoms with Gasteiger partial charge in [-0.2, -0.15) is 0 Å². The molecule has 27 heavy (non-hydrogen) atoms. The number of hydrogen-bond donors (Lipinski definition) is 4. The highest BCUT2D eigenvalue weighted by Gasteiger charge is 2.11. The van der Waals surface area contributed by atoms with Crippen LogP contribution in [0.5, 0.6) is 0 Å². The lowest BCUT2D eigenvalue weighted by molar-refractivity contribution is -0.120. The molecule has 0 aliphatic heterocycles. The lowest BCUT2D eigenvalue weighted by Gasteiger charge is -2.12. The van der Waals surface area contributed by atoms with E-state index in [4.69, 9.17) is 0 Å². The molecule has 0 aliphatic rings. The van der Waals surface area contributed by atoms with Crippen LogP contribution in [0.3, 0.4) is 0 Å². The molecular weight excluding hydrogens is 348 g/mol. The molecule has 8 heteroatoms. The molecule has 1 aromatic rings. The topological polar surface area (TPSA) is 116 Å². The molecule has 0 saturated heterocycles. The standard InChI is InChI=1S/C18H26N4O4.CH4/c1-4-15(23)19-7-8-20-18(26)12-9-13(21-16(24)5-2)11-14(10-12)22-17(25)6-3;/h9-11H,4-8H2,1-3H3,(H,19,23)(H,20,26)(H,21,24)(H,22,25);1H4. The van der Waals surface area contributed by atoms with Crippen molar-refractivity contribution in [3.05, 3.63) is 23.8 Å². The summed E-state index contributed by atoms with van der Waals surface area (Å²) in [5.74, 6) is -0.848. The minimum absolute atomic E-state index is 0. The van der Waals surface area contributed by atoms with E-state index in [9.17, 15) is 19.2 Å². The van der Waals surface area contributed by atoms with Crippen molar-refractivity contribution in [1.82, 2.24) is 10.6 Å². The first-order chi connectivity index (χ1) is 12.4. The maximum absolute atomic E-state index is 12.3. The Balaban J connectivity index is 0.00000676. The molecule has 0 bridgehead atoms. The molecule has 0 spiro atoms. The lowest BCUT2D eigenvalue weighted by atomic mass is 10.1. The van der Waals surface area contributed by atoms with Crippen LogP contribution >= 0.6 is 0 Å². The van der Waals surface area contributed by atoms with Crippen LogP contribution in [0.2, 0.25) is 0 Å². The molecule has 0 saturated carbocycles. The van der Waals surface area contributed by atoms with E-state index in [0.717, 1.165) is 0 Å². The van der Waals surface area contributed by atoms with E-state index in [0.29, 0.717) is 42.7 Å². The predicted octanol–water partition coefficient (Wildman–Crippen LogP) is 2.28. The van der Waals surface area contributed by atoms with Crippen molar-refractivity contribution in [3.8, 4) is 0 Å². The first kappa shape index (κ1) is 24.1. The van der Waals surface area contributed by atoms with Crippen LogP contribution in [-0.2, 0) is 14.4 Å². The van der Waals surface area contributed by atoms with Crippen molar-refractivity contribution < 1.29 is 19.2 Å². The molecule has 0 atom stereocenters. The van der Waals surface area contributed by atoms with Crippen molar-refractivity contribution >= 4 is 35.0 Å². The van der Waals surface area contributed by atoms with Crippen molar-refractivity contribution in [1.29, 1.82) is 0 Å². The summed E-state index contributed by atoms with van der Waals surface area (Å²) in [6, 6.07) is 4.67. The molecule has 0 radical (unpaired) electrons. The molecular formula is C19H30N4O4. The Morgan fingerprint density at radius 2 is 1.15 bits per heavy atom. The number of nitrogens with one attached hydrogen (secondary N) is 4. The van der Waals surface area contributed by atoms with Crippen molar-refractivity contribution in [2.45, 2.75) is 47.5 Å². The highest BCUT2D eigenvalue weighted by molar-refractivity contribution is 6.00. The summed E-state index contributed by atoms with van der Waals surface area (Å²) in [5.41, 5.74) is 1.15. The van der Waals surface area contributed by atoms with Crippen molar-refractivity contribution in [2.75, 3.05) is 23.7 Å². The van der Waals surface area contributed by atoms with Gasteiger partial charge in [0.15, 0.2) is 0 Å². The van der Waals surface area contributed by atoms with Crippen LogP contribution < -0.4 is 21.3 Å². The number of carbonyl (C=O) groups excluding carboxylic acids is 4. The van der Waals surface area contributed by atoms with Gasteiger partial charge in [0.1, 0.15) is 0 Å². The molecule has 4 amide bonds. The quantitative estimate of drug-likeness (QED) is 0.493. The zero-order valence-corrected chi connectivity index (χ0v) is 15.4. The van der Waals surface area contributed by atoms with Gasteiger partial charge in [-0.05, 0) is 18.2 Å². The van der Waals surface area contributed by atoms with Gasteiger partial charge in [-0.1, -0.05) is 28.2 Å². The van der Waals surface area contributed by atoms with Crippen LogP contribution in [0.4, 0.5) is 11.4 Å². The third-order valence-electron chi connectivity index (χ3n) is 3.46. The van der Waals surface area contributed by atoms with Gasteiger partial charge in [-0.15, -0.1) is 0 Å². The molecule has 8 nitrogen and oxygen atoms in total. The number of amides is 4. The van der Waals surface area contributed by atoms with E-state index >= 15 is 0 Å². The predicted molar refractivity (Wildman–Crippen MR) is 107 cm³/mol. The Kier molecular flexibility index (Phi) is 11.1. The zero-order chi connectivity index (χ0) is 19.5. The monoisotopic (exact) mass is 378 g/mol. The van der Waals surface area contributed by atoms with Gasteiger partial charge in [0, 0.05) is 49.3 Å². The van der Waals surface area contributed by atoms with Gasteiger partial charge in [0.25, 0.3) is 5.91 Å². The van der Waals surface area contributed by atoms with Gasteiger partial charge in [-0.25, -0.2) is 0 Å². The van der Waals surface area contributed by atoms with Crippen molar-refractivity contribution in [3.63, 3.8) is 0 Å². The van der Waals surface area contributed by atoms with Gasteiger partial charge in [-0.3, -0.25) is 19.2 Å². The average Bonchev–Trinajstić information content (AvgIpc) is 2.64. The Labute approximate surface area is 160 Å². The molecule has 0 unspecified atom stereocenters. The first-order valence-electron chi connectivity index (χ1n) is 8.69. The summed E-state index contributed by atoms with van der Waals surface area (Å²) < 4.78 is 0. The maximum atomic E-state index is 12.3. The number of hydrogen-bond acceptors (Lipinski definition) is 4. The fourth-order valence-electron chi connectivity index (χ4n) is 2.01. The van der Waals surface area contributed by atoms with E-state index in [2.05, 4.69) is 21.3 Å². The van der Waals surface area contributed by atoms with Crippen LogP contribution in [0.25, 0.3) is 0 Å². The maximum Gasteiger partial charge on any atom is 0.251 e. The second-order valence-corrected chi connectivity index (χ2v) is 5.56. The SMILES string of the molecule is C.CCC(=O)NCCNC(=O)c1cc(NC(=O)CC)cc(NC(=O)CC)c1. The van der Waals surface area contributed by atoms with E-state index in [-0.39, 0.29) is 37.6 Å². The minimum Gasteiger partial charge on any atom is -0.354 e. The molecule has 0 heterocycles. The molecule has 0 fully saturated rings. The number of anilines is 2. The highest BCUT2D eigenvalue weighted by Crippen LogP contribution is 2.20. The Morgan fingerprint density at radius 3 is 1.59 bits per heavy atom. The fraction of sp³-hybridized carbons (Fsp3) is 0.474. The smallest absolute Gasteiger partial charge is 0.251 e. The molecule has 1 aromatic carbocycles. The van der Waals surface area contributed by atoms with Crippen LogP contribution in [-0.4, -0.2) is 36.7 Å². The Morgan fingerprint density at radius 1 is 0.704 bits per heavy atom. The summed E-state index contributed by atoms with van der Waals surface area (Å²) in [6.45, 7) is 5.78.